The SMILES string of the molecule is CNCC1CCN(C(=O)OC(C)(C)C)CC1.Cl. The molecule has 1 heterocycles. The molecule has 0 aromatic carbocycles. The molecule has 0 saturated carbocycles. The van der Waals surface area contributed by atoms with E-state index in [1.54, 1.807) is 0 Å². The first-order valence-corrected chi connectivity index (χ1v) is 6.05. The van der Waals surface area contributed by atoms with Crippen LogP contribution in [0.1, 0.15) is 33.6 Å². The van der Waals surface area contributed by atoms with Crippen LogP contribution in [0.15, 0.2) is 0 Å². The Balaban J connectivity index is 0.00000256. The Labute approximate surface area is 110 Å². The summed E-state index contributed by atoms with van der Waals surface area (Å²) in [5, 5.41) is 3.19. The predicted octanol–water partition coefficient (Wildman–Crippen LogP) is 2.27. The fourth-order valence-electron chi connectivity index (χ4n) is 1.93. The Morgan fingerprint density at radius 3 is 2.29 bits per heavy atom. The van der Waals surface area contributed by atoms with Crippen LogP contribution < -0.4 is 5.32 Å². The molecule has 0 atom stereocenters. The summed E-state index contributed by atoms with van der Waals surface area (Å²) >= 11 is 0. The Bertz CT molecular complexity index is 233. The van der Waals surface area contributed by atoms with Crippen molar-refractivity contribution in [2.75, 3.05) is 26.7 Å². The average molecular weight is 265 g/mol. The molecule has 0 aromatic heterocycles. The van der Waals surface area contributed by atoms with E-state index in [2.05, 4.69) is 5.32 Å². The number of ether oxygens (including phenoxy) is 1. The minimum Gasteiger partial charge on any atom is -0.444 e. The maximum absolute atomic E-state index is 11.8. The van der Waals surface area contributed by atoms with E-state index in [-0.39, 0.29) is 24.1 Å². The van der Waals surface area contributed by atoms with Crippen LogP contribution in [0.25, 0.3) is 0 Å². The highest BCUT2D eigenvalue weighted by Crippen LogP contribution is 2.18. The number of piperidine rings is 1. The van der Waals surface area contributed by atoms with Crippen LogP contribution in [0.4, 0.5) is 4.79 Å². The molecule has 5 heteroatoms. The van der Waals surface area contributed by atoms with Crippen LogP contribution in [0, 0.1) is 5.92 Å². The maximum Gasteiger partial charge on any atom is 0.410 e. The maximum atomic E-state index is 11.8. The zero-order chi connectivity index (χ0) is 12.2. The Hall–Kier alpha value is -0.480. The fraction of sp³-hybridized carbons (Fsp3) is 0.917. The van der Waals surface area contributed by atoms with E-state index in [0.29, 0.717) is 5.92 Å². The van der Waals surface area contributed by atoms with Crippen molar-refractivity contribution in [2.45, 2.75) is 39.2 Å². The lowest BCUT2D eigenvalue weighted by molar-refractivity contribution is 0.0185. The number of halogens is 1. The van der Waals surface area contributed by atoms with Crippen molar-refractivity contribution in [3.63, 3.8) is 0 Å². The lowest BCUT2D eigenvalue weighted by Crippen LogP contribution is -2.43. The largest absolute Gasteiger partial charge is 0.444 e. The second-order valence-electron chi connectivity index (χ2n) is 5.47. The normalized spacial score (nSPS) is 17.5. The second-order valence-corrected chi connectivity index (χ2v) is 5.47. The Morgan fingerprint density at radius 2 is 1.88 bits per heavy atom. The first-order chi connectivity index (χ1) is 7.42. The first kappa shape index (κ1) is 16.5. The van der Waals surface area contributed by atoms with Gasteiger partial charge in [0.1, 0.15) is 5.60 Å². The van der Waals surface area contributed by atoms with E-state index in [9.17, 15) is 4.79 Å². The predicted molar refractivity (Wildman–Crippen MR) is 71.7 cm³/mol. The molecule has 1 rings (SSSR count). The molecule has 0 bridgehead atoms. The zero-order valence-corrected chi connectivity index (χ0v) is 12.1. The van der Waals surface area contributed by atoms with Crippen molar-refractivity contribution in [2.24, 2.45) is 5.92 Å². The van der Waals surface area contributed by atoms with Gasteiger partial charge < -0.3 is 15.0 Å². The van der Waals surface area contributed by atoms with Gasteiger partial charge in [-0.2, -0.15) is 0 Å². The fourth-order valence-corrected chi connectivity index (χ4v) is 1.93. The molecular formula is C12H25ClN2O2. The number of carbonyl (C=O) groups excluding carboxylic acids is 1. The van der Waals surface area contributed by atoms with Gasteiger partial charge >= 0.3 is 6.09 Å². The zero-order valence-electron chi connectivity index (χ0n) is 11.3. The van der Waals surface area contributed by atoms with Gasteiger partial charge in [0.2, 0.25) is 0 Å². The molecule has 17 heavy (non-hydrogen) atoms. The molecule has 0 aliphatic carbocycles. The standard InChI is InChI=1S/C12H24N2O2.ClH/c1-12(2,3)16-11(15)14-7-5-10(6-8-14)9-13-4;/h10,13H,5-9H2,1-4H3;1H. The summed E-state index contributed by atoms with van der Waals surface area (Å²) in [7, 11) is 1.97. The minimum absolute atomic E-state index is 0. The Morgan fingerprint density at radius 1 is 1.35 bits per heavy atom. The lowest BCUT2D eigenvalue weighted by Gasteiger charge is -2.33. The highest BCUT2D eigenvalue weighted by molar-refractivity contribution is 5.85. The minimum atomic E-state index is -0.390. The number of likely N-dealkylation sites (tertiary alicyclic amines) is 1. The number of nitrogens with zero attached hydrogens (tertiary/aromatic N) is 1. The molecule has 1 aliphatic heterocycles. The van der Waals surface area contributed by atoms with Crippen molar-refractivity contribution < 1.29 is 9.53 Å². The molecule has 0 unspecified atom stereocenters. The Kier molecular flexibility index (Phi) is 6.87. The molecule has 1 amide bonds. The summed E-state index contributed by atoms with van der Waals surface area (Å²) in [5.74, 6) is 0.698. The van der Waals surface area contributed by atoms with Crippen LogP contribution in [0.3, 0.4) is 0 Å². The van der Waals surface area contributed by atoms with Crippen LogP contribution in [0.2, 0.25) is 0 Å². The molecule has 102 valence electrons. The van der Waals surface area contributed by atoms with E-state index >= 15 is 0 Å². The van der Waals surface area contributed by atoms with E-state index in [0.717, 1.165) is 32.5 Å². The van der Waals surface area contributed by atoms with Gasteiger partial charge in [-0.3, -0.25) is 0 Å². The summed E-state index contributed by atoms with van der Waals surface area (Å²) < 4.78 is 5.34. The number of hydrogen-bond acceptors (Lipinski definition) is 3. The first-order valence-electron chi connectivity index (χ1n) is 6.05. The third-order valence-electron chi connectivity index (χ3n) is 2.76. The summed E-state index contributed by atoms with van der Waals surface area (Å²) in [4.78, 5) is 13.6. The van der Waals surface area contributed by atoms with Gasteiger partial charge in [-0.25, -0.2) is 4.79 Å². The van der Waals surface area contributed by atoms with E-state index in [4.69, 9.17) is 4.74 Å². The van der Waals surface area contributed by atoms with E-state index in [1.165, 1.54) is 0 Å². The highest BCUT2D eigenvalue weighted by Gasteiger charge is 2.26. The number of amides is 1. The lowest BCUT2D eigenvalue weighted by atomic mass is 9.97. The van der Waals surface area contributed by atoms with Crippen molar-refractivity contribution in [3.8, 4) is 0 Å². The third-order valence-corrected chi connectivity index (χ3v) is 2.76. The summed E-state index contributed by atoms with van der Waals surface area (Å²) in [6.07, 6.45) is 1.97. The molecule has 1 aliphatic rings. The molecule has 1 saturated heterocycles. The molecule has 0 aromatic rings. The molecule has 4 nitrogen and oxygen atoms in total. The molecular weight excluding hydrogens is 240 g/mol. The third kappa shape index (κ3) is 6.13. The van der Waals surface area contributed by atoms with Gasteiger partial charge in [-0.1, -0.05) is 0 Å². The molecule has 1 N–H and O–H groups in total. The highest BCUT2D eigenvalue weighted by atomic mass is 35.5. The number of nitrogens with one attached hydrogen (secondary N) is 1. The van der Waals surface area contributed by atoms with E-state index in [1.807, 2.05) is 32.7 Å². The van der Waals surface area contributed by atoms with Crippen LogP contribution in [-0.4, -0.2) is 43.3 Å². The van der Waals surface area contributed by atoms with Gasteiger partial charge in [0.05, 0.1) is 0 Å². The van der Waals surface area contributed by atoms with E-state index < -0.39 is 0 Å². The summed E-state index contributed by atoms with van der Waals surface area (Å²) in [5.41, 5.74) is -0.390. The number of carbonyl (C=O) groups is 1. The summed E-state index contributed by atoms with van der Waals surface area (Å²) in [6, 6.07) is 0. The topological polar surface area (TPSA) is 41.6 Å². The number of rotatable bonds is 2. The van der Waals surface area contributed by atoms with Crippen molar-refractivity contribution in [1.29, 1.82) is 0 Å². The summed E-state index contributed by atoms with van der Waals surface area (Å²) in [6.45, 7) is 8.39. The molecule has 1 fully saturated rings. The van der Waals surface area contributed by atoms with Gasteiger partial charge in [0, 0.05) is 13.1 Å². The quantitative estimate of drug-likeness (QED) is 0.832. The van der Waals surface area contributed by atoms with Crippen molar-refractivity contribution >= 4 is 18.5 Å². The van der Waals surface area contributed by atoms with Crippen molar-refractivity contribution in [1.82, 2.24) is 10.2 Å². The van der Waals surface area contributed by atoms with Crippen molar-refractivity contribution in [3.05, 3.63) is 0 Å². The van der Waals surface area contributed by atoms with Crippen LogP contribution in [-0.2, 0) is 4.74 Å². The smallest absolute Gasteiger partial charge is 0.410 e. The monoisotopic (exact) mass is 264 g/mol. The van der Waals surface area contributed by atoms with Crippen LogP contribution in [0.5, 0.6) is 0 Å². The second kappa shape index (κ2) is 7.07. The molecule has 0 spiro atoms. The molecule has 0 radical (unpaired) electrons. The number of hydrogen-bond donors (Lipinski definition) is 1. The van der Waals surface area contributed by atoms with Crippen LogP contribution >= 0.6 is 12.4 Å². The van der Waals surface area contributed by atoms with Gasteiger partial charge in [-0.05, 0) is 53.1 Å². The van der Waals surface area contributed by atoms with Gasteiger partial charge in [0.25, 0.3) is 0 Å². The average Bonchev–Trinajstić information content (AvgIpc) is 2.16. The van der Waals surface area contributed by atoms with Gasteiger partial charge in [-0.15, -0.1) is 12.4 Å². The van der Waals surface area contributed by atoms with Gasteiger partial charge in [0.15, 0.2) is 0 Å².